The molecule has 1 N–H and O–H groups in total. The van der Waals surface area contributed by atoms with Crippen molar-refractivity contribution in [2.45, 2.75) is 17.1 Å². The number of rotatable bonds is 6. The summed E-state index contributed by atoms with van der Waals surface area (Å²) in [6.45, 7) is 0. The van der Waals surface area contributed by atoms with Gasteiger partial charge >= 0.3 is 0 Å². The average molecular weight is 364 g/mol. The SMILES string of the molecule is N#CCc1ccc(NC(=O)c2ccccc2SCc2cccs2)cc1. The van der Waals surface area contributed by atoms with Crippen LogP contribution in [0.3, 0.4) is 0 Å². The Bertz CT molecular complexity index is 881. The summed E-state index contributed by atoms with van der Waals surface area (Å²) < 4.78 is 0. The molecular formula is C20H16N2OS2. The van der Waals surface area contributed by atoms with Gasteiger partial charge in [-0.2, -0.15) is 5.26 Å². The van der Waals surface area contributed by atoms with E-state index in [0.29, 0.717) is 12.0 Å². The minimum Gasteiger partial charge on any atom is -0.322 e. The Kier molecular flexibility index (Phi) is 5.89. The third-order valence-corrected chi connectivity index (χ3v) is 5.76. The lowest BCUT2D eigenvalue weighted by Crippen LogP contribution is -2.13. The number of benzene rings is 2. The van der Waals surface area contributed by atoms with E-state index in [1.807, 2.05) is 54.6 Å². The van der Waals surface area contributed by atoms with Crippen LogP contribution in [0.15, 0.2) is 70.9 Å². The molecule has 5 heteroatoms. The topological polar surface area (TPSA) is 52.9 Å². The molecule has 0 aliphatic rings. The number of amides is 1. The molecular weight excluding hydrogens is 348 g/mol. The fourth-order valence-electron chi connectivity index (χ4n) is 2.32. The summed E-state index contributed by atoms with van der Waals surface area (Å²) in [4.78, 5) is 14.9. The first kappa shape index (κ1) is 17.3. The van der Waals surface area contributed by atoms with Crippen molar-refractivity contribution < 1.29 is 4.79 Å². The number of thioether (sulfide) groups is 1. The van der Waals surface area contributed by atoms with Crippen LogP contribution in [-0.4, -0.2) is 5.91 Å². The van der Waals surface area contributed by atoms with Crippen molar-refractivity contribution in [1.82, 2.24) is 0 Å². The van der Waals surface area contributed by atoms with E-state index in [1.54, 1.807) is 23.1 Å². The second-order valence-corrected chi connectivity index (χ2v) is 7.40. The Balaban J connectivity index is 1.70. The van der Waals surface area contributed by atoms with Crippen LogP contribution in [0, 0.1) is 11.3 Å². The quantitative estimate of drug-likeness (QED) is 0.599. The highest BCUT2D eigenvalue weighted by Crippen LogP contribution is 2.28. The van der Waals surface area contributed by atoms with E-state index in [2.05, 4.69) is 22.8 Å². The molecule has 2 aromatic carbocycles. The van der Waals surface area contributed by atoms with Gasteiger partial charge in [-0.25, -0.2) is 0 Å². The summed E-state index contributed by atoms with van der Waals surface area (Å²) in [7, 11) is 0. The van der Waals surface area contributed by atoms with Gasteiger partial charge in [-0.1, -0.05) is 30.3 Å². The van der Waals surface area contributed by atoms with Gasteiger partial charge in [0.1, 0.15) is 0 Å². The summed E-state index contributed by atoms with van der Waals surface area (Å²) in [5, 5.41) is 13.7. The van der Waals surface area contributed by atoms with Crippen LogP contribution in [0.4, 0.5) is 5.69 Å². The molecule has 0 unspecified atom stereocenters. The molecule has 3 aromatic rings. The minimum absolute atomic E-state index is 0.123. The van der Waals surface area contributed by atoms with Gasteiger partial charge < -0.3 is 5.32 Å². The Hall–Kier alpha value is -2.55. The Morgan fingerprint density at radius 1 is 1.08 bits per heavy atom. The Labute approximate surface area is 155 Å². The Morgan fingerprint density at radius 2 is 1.88 bits per heavy atom. The normalized spacial score (nSPS) is 10.2. The molecule has 1 amide bonds. The monoisotopic (exact) mass is 364 g/mol. The highest BCUT2D eigenvalue weighted by atomic mass is 32.2. The first-order valence-corrected chi connectivity index (χ1v) is 9.64. The summed E-state index contributed by atoms with van der Waals surface area (Å²) in [6, 6.07) is 21.3. The number of nitrogens with one attached hydrogen (secondary N) is 1. The molecule has 25 heavy (non-hydrogen) atoms. The summed E-state index contributed by atoms with van der Waals surface area (Å²) in [6.07, 6.45) is 0.371. The molecule has 0 saturated carbocycles. The molecule has 3 nitrogen and oxygen atoms in total. The summed E-state index contributed by atoms with van der Waals surface area (Å²) in [5.74, 6) is 0.729. The molecule has 0 aliphatic heterocycles. The van der Waals surface area contributed by atoms with Crippen LogP contribution in [-0.2, 0) is 12.2 Å². The van der Waals surface area contributed by atoms with Crippen LogP contribution in [0.25, 0.3) is 0 Å². The summed E-state index contributed by atoms with van der Waals surface area (Å²) >= 11 is 3.39. The van der Waals surface area contributed by atoms with E-state index in [9.17, 15) is 4.79 Å². The number of thiophene rings is 1. The predicted octanol–water partition coefficient (Wildman–Crippen LogP) is 5.36. The standard InChI is InChI=1S/C20H16N2OS2/c21-12-11-15-7-9-16(10-8-15)22-20(23)18-5-1-2-6-19(18)25-14-17-4-3-13-24-17/h1-10,13H,11,14H2,(H,22,23). The highest BCUT2D eigenvalue weighted by Gasteiger charge is 2.12. The van der Waals surface area contributed by atoms with Crippen molar-refractivity contribution in [2.24, 2.45) is 0 Å². The lowest BCUT2D eigenvalue weighted by Gasteiger charge is -2.10. The zero-order chi connectivity index (χ0) is 17.5. The summed E-state index contributed by atoms with van der Waals surface area (Å²) in [5.41, 5.74) is 2.34. The lowest BCUT2D eigenvalue weighted by molar-refractivity contribution is 0.102. The van der Waals surface area contributed by atoms with Gasteiger partial charge in [-0.05, 0) is 41.3 Å². The van der Waals surface area contributed by atoms with Crippen molar-refractivity contribution in [3.63, 3.8) is 0 Å². The van der Waals surface area contributed by atoms with E-state index in [-0.39, 0.29) is 5.91 Å². The van der Waals surface area contributed by atoms with Gasteiger partial charge in [0, 0.05) is 21.2 Å². The number of carbonyl (C=O) groups is 1. The second kappa shape index (κ2) is 8.52. The number of anilines is 1. The van der Waals surface area contributed by atoms with Crippen molar-refractivity contribution in [2.75, 3.05) is 5.32 Å². The van der Waals surface area contributed by atoms with E-state index in [4.69, 9.17) is 5.26 Å². The van der Waals surface area contributed by atoms with Crippen molar-refractivity contribution in [1.29, 1.82) is 5.26 Å². The van der Waals surface area contributed by atoms with Gasteiger partial charge in [-0.3, -0.25) is 4.79 Å². The van der Waals surface area contributed by atoms with Crippen molar-refractivity contribution in [3.8, 4) is 6.07 Å². The number of hydrogen-bond donors (Lipinski definition) is 1. The van der Waals surface area contributed by atoms with Crippen LogP contribution in [0.5, 0.6) is 0 Å². The van der Waals surface area contributed by atoms with Gasteiger partial charge in [0.05, 0.1) is 18.1 Å². The third-order valence-electron chi connectivity index (χ3n) is 3.58. The van der Waals surface area contributed by atoms with Crippen LogP contribution in [0.2, 0.25) is 0 Å². The number of carbonyl (C=O) groups excluding carboxylic acids is 1. The van der Waals surface area contributed by atoms with Crippen LogP contribution in [0.1, 0.15) is 20.8 Å². The van der Waals surface area contributed by atoms with E-state index >= 15 is 0 Å². The molecule has 1 heterocycles. The lowest BCUT2D eigenvalue weighted by atomic mass is 10.1. The van der Waals surface area contributed by atoms with Crippen molar-refractivity contribution in [3.05, 3.63) is 82.0 Å². The van der Waals surface area contributed by atoms with Gasteiger partial charge in [-0.15, -0.1) is 23.1 Å². The fourth-order valence-corrected chi connectivity index (χ4v) is 4.14. The molecule has 0 aliphatic carbocycles. The molecule has 0 radical (unpaired) electrons. The maximum Gasteiger partial charge on any atom is 0.256 e. The molecule has 0 bridgehead atoms. The molecule has 1 aromatic heterocycles. The van der Waals surface area contributed by atoms with Crippen molar-refractivity contribution >= 4 is 34.7 Å². The molecule has 3 rings (SSSR count). The minimum atomic E-state index is -0.123. The largest absolute Gasteiger partial charge is 0.322 e. The second-order valence-electron chi connectivity index (χ2n) is 5.35. The molecule has 0 fully saturated rings. The first-order chi connectivity index (χ1) is 12.3. The van der Waals surface area contributed by atoms with E-state index in [0.717, 1.165) is 21.9 Å². The zero-order valence-corrected chi connectivity index (χ0v) is 15.1. The third kappa shape index (κ3) is 4.72. The first-order valence-electron chi connectivity index (χ1n) is 7.78. The number of nitriles is 1. The highest BCUT2D eigenvalue weighted by molar-refractivity contribution is 7.98. The molecule has 0 atom stereocenters. The maximum absolute atomic E-state index is 12.6. The fraction of sp³-hybridized carbons (Fsp3) is 0.100. The molecule has 124 valence electrons. The smallest absolute Gasteiger partial charge is 0.256 e. The van der Waals surface area contributed by atoms with Gasteiger partial charge in [0.2, 0.25) is 0 Å². The van der Waals surface area contributed by atoms with Gasteiger partial charge in [0.25, 0.3) is 5.91 Å². The average Bonchev–Trinajstić information content (AvgIpc) is 3.16. The molecule has 0 saturated heterocycles. The van der Waals surface area contributed by atoms with Crippen LogP contribution < -0.4 is 5.32 Å². The van der Waals surface area contributed by atoms with E-state index in [1.165, 1.54) is 4.88 Å². The predicted molar refractivity (Wildman–Crippen MR) is 104 cm³/mol. The Morgan fingerprint density at radius 3 is 2.60 bits per heavy atom. The number of nitrogens with zero attached hydrogens (tertiary/aromatic N) is 1. The zero-order valence-electron chi connectivity index (χ0n) is 13.4. The van der Waals surface area contributed by atoms with Crippen LogP contribution >= 0.6 is 23.1 Å². The maximum atomic E-state index is 12.6. The van der Waals surface area contributed by atoms with E-state index < -0.39 is 0 Å². The number of hydrogen-bond acceptors (Lipinski definition) is 4. The molecule has 0 spiro atoms. The van der Waals surface area contributed by atoms with Gasteiger partial charge in [0.15, 0.2) is 0 Å².